The Balaban J connectivity index is 1.76. The maximum atomic E-state index is 12.2. The van der Waals surface area contributed by atoms with Crippen LogP contribution in [0.15, 0.2) is 47.8 Å². The summed E-state index contributed by atoms with van der Waals surface area (Å²) in [6.45, 7) is 0. The fourth-order valence-corrected chi connectivity index (χ4v) is 2.82. The highest BCUT2D eigenvalue weighted by Crippen LogP contribution is 2.28. The molecule has 24 heavy (non-hydrogen) atoms. The van der Waals surface area contributed by atoms with E-state index in [9.17, 15) is 15.0 Å². The zero-order valence-electron chi connectivity index (χ0n) is 12.7. The van der Waals surface area contributed by atoms with Gasteiger partial charge in [-0.3, -0.25) is 10.1 Å². The van der Waals surface area contributed by atoms with Crippen molar-refractivity contribution in [3.63, 3.8) is 0 Å². The highest BCUT2D eigenvalue weighted by Gasteiger charge is 2.14. The Morgan fingerprint density at radius 3 is 2.58 bits per heavy atom. The third-order valence-electron chi connectivity index (χ3n) is 3.34. The van der Waals surface area contributed by atoms with Crippen LogP contribution in [-0.4, -0.2) is 28.2 Å². The predicted molar refractivity (Wildman–Crippen MR) is 91.8 cm³/mol. The van der Waals surface area contributed by atoms with E-state index in [0.717, 1.165) is 23.1 Å². The molecule has 1 heterocycles. The molecule has 3 aromatic rings. The number of aromatic nitrogens is 1. The zero-order chi connectivity index (χ0) is 17.1. The van der Waals surface area contributed by atoms with E-state index in [4.69, 9.17) is 4.74 Å². The summed E-state index contributed by atoms with van der Waals surface area (Å²) in [4.78, 5) is 16.5. The van der Waals surface area contributed by atoms with Crippen LogP contribution in [0.1, 0.15) is 10.4 Å². The lowest BCUT2D eigenvalue weighted by atomic mass is 10.2. The van der Waals surface area contributed by atoms with Crippen molar-refractivity contribution >= 4 is 22.4 Å². The number of carbonyl (C=O) groups is 1. The first-order valence-corrected chi connectivity index (χ1v) is 7.88. The SMILES string of the molecule is COc1ccc(-c2csc(NC(=O)c3ccc(O)cc3O)n2)cc1. The number of methoxy groups -OCH3 is 1. The number of benzene rings is 2. The summed E-state index contributed by atoms with van der Waals surface area (Å²) in [5, 5.41) is 23.9. The number of amides is 1. The van der Waals surface area contributed by atoms with E-state index < -0.39 is 5.91 Å². The lowest BCUT2D eigenvalue weighted by Gasteiger charge is -2.04. The Morgan fingerprint density at radius 1 is 1.17 bits per heavy atom. The van der Waals surface area contributed by atoms with Gasteiger partial charge in [-0.2, -0.15) is 0 Å². The summed E-state index contributed by atoms with van der Waals surface area (Å²) in [6, 6.07) is 11.2. The van der Waals surface area contributed by atoms with Crippen molar-refractivity contribution in [3.8, 4) is 28.5 Å². The van der Waals surface area contributed by atoms with Crippen LogP contribution >= 0.6 is 11.3 Å². The number of aromatic hydroxyl groups is 2. The highest BCUT2D eigenvalue weighted by molar-refractivity contribution is 7.14. The van der Waals surface area contributed by atoms with Crippen LogP contribution in [0.2, 0.25) is 0 Å². The molecule has 7 heteroatoms. The van der Waals surface area contributed by atoms with Gasteiger partial charge in [0, 0.05) is 17.0 Å². The second-order valence-corrected chi connectivity index (χ2v) is 5.78. The molecule has 122 valence electrons. The minimum Gasteiger partial charge on any atom is -0.508 e. The van der Waals surface area contributed by atoms with Gasteiger partial charge in [0.2, 0.25) is 0 Å². The summed E-state index contributed by atoms with van der Waals surface area (Å²) < 4.78 is 5.12. The van der Waals surface area contributed by atoms with Gasteiger partial charge in [0.1, 0.15) is 17.2 Å². The fourth-order valence-electron chi connectivity index (χ4n) is 2.10. The van der Waals surface area contributed by atoms with Crippen LogP contribution in [0, 0.1) is 0 Å². The number of thiazole rings is 1. The van der Waals surface area contributed by atoms with Gasteiger partial charge in [0.05, 0.1) is 18.4 Å². The third-order valence-corrected chi connectivity index (χ3v) is 4.09. The Bertz CT molecular complexity index is 875. The van der Waals surface area contributed by atoms with Gasteiger partial charge in [-0.1, -0.05) is 0 Å². The van der Waals surface area contributed by atoms with Crippen molar-refractivity contribution in [3.05, 3.63) is 53.4 Å². The molecule has 0 radical (unpaired) electrons. The molecule has 0 atom stereocenters. The Hall–Kier alpha value is -3.06. The van der Waals surface area contributed by atoms with E-state index >= 15 is 0 Å². The van der Waals surface area contributed by atoms with Crippen LogP contribution in [0.4, 0.5) is 5.13 Å². The molecule has 0 fully saturated rings. The monoisotopic (exact) mass is 342 g/mol. The Labute approximate surface area is 142 Å². The zero-order valence-corrected chi connectivity index (χ0v) is 13.5. The van der Waals surface area contributed by atoms with E-state index in [1.807, 2.05) is 29.6 Å². The minimum atomic E-state index is -0.497. The number of hydrogen-bond donors (Lipinski definition) is 3. The molecule has 6 nitrogen and oxygen atoms in total. The maximum absolute atomic E-state index is 12.2. The number of phenols is 2. The first-order valence-electron chi connectivity index (χ1n) is 7.00. The molecule has 1 amide bonds. The van der Waals surface area contributed by atoms with E-state index in [0.29, 0.717) is 5.13 Å². The molecule has 0 aliphatic heterocycles. The predicted octanol–water partition coefficient (Wildman–Crippen LogP) is 3.48. The largest absolute Gasteiger partial charge is 0.508 e. The molecule has 0 aliphatic carbocycles. The van der Waals surface area contributed by atoms with Gasteiger partial charge < -0.3 is 14.9 Å². The number of phenolic OH excluding ortho intramolecular Hbond substituents is 2. The minimum absolute atomic E-state index is 0.0639. The number of nitrogens with zero attached hydrogens (tertiary/aromatic N) is 1. The summed E-state index contributed by atoms with van der Waals surface area (Å²) >= 11 is 1.28. The summed E-state index contributed by atoms with van der Waals surface area (Å²) in [5.74, 6) is -0.145. The molecule has 3 rings (SSSR count). The van der Waals surface area contributed by atoms with Crippen molar-refractivity contribution < 1.29 is 19.7 Å². The quantitative estimate of drug-likeness (QED) is 0.675. The molecule has 0 saturated heterocycles. The molecule has 3 N–H and O–H groups in total. The third kappa shape index (κ3) is 3.31. The number of anilines is 1. The molecular formula is C17H14N2O4S. The highest BCUT2D eigenvalue weighted by atomic mass is 32.1. The first kappa shape index (κ1) is 15.8. The maximum Gasteiger partial charge on any atom is 0.261 e. The number of carbonyl (C=O) groups excluding carboxylic acids is 1. The normalized spacial score (nSPS) is 10.4. The van der Waals surface area contributed by atoms with E-state index in [2.05, 4.69) is 10.3 Å². The summed E-state index contributed by atoms with van der Waals surface area (Å²) in [7, 11) is 1.60. The van der Waals surface area contributed by atoms with Crippen molar-refractivity contribution in [1.29, 1.82) is 0 Å². The summed E-state index contributed by atoms with van der Waals surface area (Å²) in [6.07, 6.45) is 0. The van der Waals surface area contributed by atoms with Crippen LogP contribution in [-0.2, 0) is 0 Å². The smallest absolute Gasteiger partial charge is 0.261 e. The average Bonchev–Trinajstić information content (AvgIpc) is 3.03. The number of hydrogen-bond acceptors (Lipinski definition) is 6. The summed E-state index contributed by atoms with van der Waals surface area (Å²) in [5.41, 5.74) is 1.70. The number of rotatable bonds is 4. The van der Waals surface area contributed by atoms with Crippen LogP contribution in [0.3, 0.4) is 0 Å². The Kier molecular flexibility index (Phi) is 4.35. The van der Waals surface area contributed by atoms with Gasteiger partial charge in [-0.15, -0.1) is 11.3 Å². The topological polar surface area (TPSA) is 91.7 Å². The van der Waals surface area contributed by atoms with Gasteiger partial charge in [0.15, 0.2) is 5.13 Å². The number of ether oxygens (including phenoxy) is 1. The van der Waals surface area contributed by atoms with Crippen molar-refractivity contribution in [2.24, 2.45) is 0 Å². The molecule has 0 unspecified atom stereocenters. The Morgan fingerprint density at radius 2 is 1.92 bits per heavy atom. The fraction of sp³-hybridized carbons (Fsp3) is 0.0588. The molecule has 0 aliphatic rings. The molecule has 0 spiro atoms. The van der Waals surface area contributed by atoms with E-state index in [-0.39, 0.29) is 17.1 Å². The second kappa shape index (κ2) is 6.59. The van der Waals surface area contributed by atoms with E-state index in [1.54, 1.807) is 7.11 Å². The standard InChI is InChI=1S/C17H14N2O4S/c1-23-12-5-2-10(3-6-12)14-9-24-17(18-14)19-16(22)13-7-4-11(20)8-15(13)21/h2-9,20-21H,1H3,(H,18,19,22). The van der Waals surface area contributed by atoms with Crippen LogP contribution < -0.4 is 10.1 Å². The van der Waals surface area contributed by atoms with Crippen molar-refractivity contribution in [2.75, 3.05) is 12.4 Å². The first-order chi connectivity index (χ1) is 11.6. The molecule has 0 bridgehead atoms. The molecular weight excluding hydrogens is 328 g/mol. The lowest BCUT2D eigenvalue weighted by molar-refractivity contribution is 0.102. The van der Waals surface area contributed by atoms with Gasteiger partial charge >= 0.3 is 0 Å². The van der Waals surface area contributed by atoms with Crippen LogP contribution in [0.25, 0.3) is 11.3 Å². The molecule has 2 aromatic carbocycles. The molecule has 1 aromatic heterocycles. The molecule has 0 saturated carbocycles. The van der Waals surface area contributed by atoms with Crippen molar-refractivity contribution in [1.82, 2.24) is 4.98 Å². The number of nitrogens with one attached hydrogen (secondary N) is 1. The van der Waals surface area contributed by atoms with Gasteiger partial charge in [-0.25, -0.2) is 4.98 Å². The van der Waals surface area contributed by atoms with Gasteiger partial charge in [-0.05, 0) is 36.4 Å². The van der Waals surface area contributed by atoms with Crippen LogP contribution in [0.5, 0.6) is 17.2 Å². The second-order valence-electron chi connectivity index (χ2n) is 4.92. The van der Waals surface area contributed by atoms with Gasteiger partial charge in [0.25, 0.3) is 5.91 Å². The van der Waals surface area contributed by atoms with Crippen molar-refractivity contribution in [2.45, 2.75) is 0 Å². The van der Waals surface area contributed by atoms with E-state index in [1.165, 1.54) is 23.5 Å². The lowest BCUT2D eigenvalue weighted by Crippen LogP contribution is -2.11. The average molecular weight is 342 g/mol.